The molecule has 0 heterocycles. The van der Waals surface area contributed by atoms with Crippen molar-refractivity contribution < 1.29 is 15.1 Å². The number of nitrogens with one attached hydrogen (secondary N) is 1. The van der Waals surface area contributed by atoms with Crippen molar-refractivity contribution in [3.8, 4) is 0 Å². The number of aliphatic hydroxyl groups excluding tert-OH is 1. The average Bonchev–Trinajstić information content (AvgIpc) is 2.21. The minimum absolute atomic E-state index is 0.108. The van der Waals surface area contributed by atoms with Gasteiger partial charge in [-0.2, -0.15) is 0 Å². The highest BCUT2D eigenvalue weighted by molar-refractivity contribution is 5.74. The molecular formula is C10H19N3O3. The van der Waals surface area contributed by atoms with E-state index in [4.69, 9.17) is 0 Å². The molecule has 92 valence electrons. The molecule has 0 rings (SSSR count). The summed E-state index contributed by atoms with van der Waals surface area (Å²) in [6.45, 7) is 8.52. The number of hydrogen-bond acceptors (Lipinski definition) is 4. The molecule has 0 aromatic carbocycles. The molecular weight excluding hydrogens is 210 g/mol. The van der Waals surface area contributed by atoms with Crippen molar-refractivity contribution in [3.63, 3.8) is 0 Å². The van der Waals surface area contributed by atoms with Crippen LogP contribution in [-0.4, -0.2) is 47.2 Å². The molecule has 0 aliphatic rings. The molecule has 6 nitrogen and oxygen atoms in total. The lowest BCUT2D eigenvalue weighted by Crippen LogP contribution is -3.10. The standard InChI is InChI=1S/C10H19N3O3/c1-5-12(9(3)14)7-10(15)8-13(6-2)11(4)16/h5-6,10-11,15H,1-2,7-8H2,3-4H3. The van der Waals surface area contributed by atoms with E-state index in [-0.39, 0.29) is 24.2 Å². The zero-order chi connectivity index (χ0) is 12.7. The van der Waals surface area contributed by atoms with Gasteiger partial charge in [-0.05, 0) is 6.20 Å². The first-order valence-corrected chi connectivity index (χ1v) is 4.90. The molecule has 0 fully saturated rings. The van der Waals surface area contributed by atoms with Gasteiger partial charge in [0.05, 0.1) is 26.2 Å². The SMILES string of the molecule is C=CN(CC(O)CN(C=C)[NH+](C)[O-])C(C)=O. The van der Waals surface area contributed by atoms with E-state index >= 15 is 0 Å². The number of quaternary nitrogens is 1. The van der Waals surface area contributed by atoms with Gasteiger partial charge < -0.3 is 15.2 Å². The van der Waals surface area contributed by atoms with Gasteiger partial charge in [0.25, 0.3) is 0 Å². The summed E-state index contributed by atoms with van der Waals surface area (Å²) in [5.41, 5.74) is 0. The van der Waals surface area contributed by atoms with Crippen LogP contribution in [0.25, 0.3) is 0 Å². The molecule has 0 bridgehead atoms. The second-order valence-electron chi connectivity index (χ2n) is 3.36. The molecule has 0 aliphatic carbocycles. The Labute approximate surface area is 95.6 Å². The number of hydroxylamine groups is 1. The van der Waals surface area contributed by atoms with Gasteiger partial charge in [0, 0.05) is 13.1 Å². The monoisotopic (exact) mass is 229 g/mol. The number of carbonyl (C=O) groups excluding carboxylic acids is 1. The largest absolute Gasteiger partial charge is 0.608 e. The number of aliphatic hydroxyl groups is 1. The number of nitrogens with zero attached hydrogens (tertiary/aromatic N) is 2. The highest BCUT2D eigenvalue weighted by atomic mass is 16.5. The molecule has 0 spiro atoms. The Bertz CT molecular complexity index is 256. The predicted octanol–water partition coefficient (Wildman–Crippen LogP) is -1.29. The molecule has 0 radical (unpaired) electrons. The van der Waals surface area contributed by atoms with Crippen LogP contribution in [0.2, 0.25) is 0 Å². The van der Waals surface area contributed by atoms with Crippen LogP contribution >= 0.6 is 0 Å². The van der Waals surface area contributed by atoms with E-state index in [9.17, 15) is 15.1 Å². The lowest BCUT2D eigenvalue weighted by atomic mass is 10.3. The summed E-state index contributed by atoms with van der Waals surface area (Å²) in [5, 5.41) is 21.8. The third-order valence-electron chi connectivity index (χ3n) is 2.06. The van der Waals surface area contributed by atoms with Crippen LogP contribution in [0.3, 0.4) is 0 Å². The van der Waals surface area contributed by atoms with Crippen molar-refractivity contribution in [2.24, 2.45) is 0 Å². The Morgan fingerprint density at radius 3 is 2.38 bits per heavy atom. The molecule has 2 unspecified atom stereocenters. The fourth-order valence-corrected chi connectivity index (χ4v) is 1.18. The molecule has 0 aliphatic heterocycles. The van der Waals surface area contributed by atoms with Crippen LogP contribution < -0.4 is 5.17 Å². The van der Waals surface area contributed by atoms with E-state index in [0.717, 1.165) is 0 Å². The van der Waals surface area contributed by atoms with Crippen LogP contribution in [0.5, 0.6) is 0 Å². The second kappa shape index (κ2) is 7.00. The smallest absolute Gasteiger partial charge is 0.223 e. The van der Waals surface area contributed by atoms with E-state index in [1.54, 1.807) is 0 Å². The average molecular weight is 229 g/mol. The van der Waals surface area contributed by atoms with Crippen LogP contribution in [-0.2, 0) is 4.79 Å². The summed E-state index contributed by atoms with van der Waals surface area (Å²) in [4.78, 5) is 12.3. The van der Waals surface area contributed by atoms with Crippen LogP contribution in [0.4, 0.5) is 0 Å². The third-order valence-corrected chi connectivity index (χ3v) is 2.06. The van der Waals surface area contributed by atoms with Crippen molar-refractivity contribution in [3.05, 3.63) is 30.8 Å². The summed E-state index contributed by atoms with van der Waals surface area (Å²) >= 11 is 0. The Balaban J connectivity index is 4.24. The van der Waals surface area contributed by atoms with Crippen LogP contribution in [0.15, 0.2) is 25.6 Å². The second-order valence-corrected chi connectivity index (χ2v) is 3.36. The normalized spacial score (nSPS) is 13.8. The molecule has 1 amide bonds. The van der Waals surface area contributed by atoms with Gasteiger partial charge in [-0.1, -0.05) is 13.2 Å². The molecule has 16 heavy (non-hydrogen) atoms. The van der Waals surface area contributed by atoms with Crippen molar-refractivity contribution >= 4 is 5.91 Å². The van der Waals surface area contributed by atoms with Gasteiger partial charge >= 0.3 is 0 Å². The first kappa shape index (κ1) is 14.6. The molecule has 2 atom stereocenters. The Kier molecular flexibility index (Phi) is 6.40. The molecule has 0 saturated carbocycles. The van der Waals surface area contributed by atoms with Crippen molar-refractivity contribution in [1.29, 1.82) is 0 Å². The fourth-order valence-electron chi connectivity index (χ4n) is 1.18. The molecule has 0 aromatic heterocycles. The summed E-state index contributed by atoms with van der Waals surface area (Å²) in [7, 11) is 1.38. The fraction of sp³-hybridized carbons (Fsp3) is 0.500. The van der Waals surface area contributed by atoms with Gasteiger partial charge in [-0.3, -0.25) is 9.97 Å². The summed E-state index contributed by atoms with van der Waals surface area (Å²) in [6, 6.07) is 0. The van der Waals surface area contributed by atoms with Crippen molar-refractivity contribution in [2.75, 3.05) is 20.1 Å². The maximum absolute atomic E-state index is 11.0. The summed E-state index contributed by atoms with van der Waals surface area (Å²) in [6.07, 6.45) is 1.86. The molecule has 2 N–H and O–H groups in total. The quantitative estimate of drug-likeness (QED) is 0.533. The Morgan fingerprint density at radius 1 is 1.50 bits per heavy atom. The van der Waals surface area contributed by atoms with Gasteiger partial charge in [-0.15, -0.1) is 0 Å². The maximum atomic E-state index is 11.0. The minimum atomic E-state index is -0.830. The highest BCUT2D eigenvalue weighted by Gasteiger charge is 2.15. The van der Waals surface area contributed by atoms with Gasteiger partial charge in [0.2, 0.25) is 5.91 Å². The van der Waals surface area contributed by atoms with Crippen molar-refractivity contribution in [1.82, 2.24) is 9.91 Å². The third kappa shape index (κ3) is 4.92. The zero-order valence-electron chi connectivity index (χ0n) is 9.72. The van der Waals surface area contributed by atoms with Gasteiger partial charge in [-0.25, -0.2) is 5.01 Å². The summed E-state index contributed by atoms with van der Waals surface area (Å²) < 4.78 is 0. The Hall–Kier alpha value is -1.37. The lowest BCUT2D eigenvalue weighted by molar-refractivity contribution is -0.945. The molecule has 0 saturated heterocycles. The highest BCUT2D eigenvalue weighted by Crippen LogP contribution is 1.95. The van der Waals surface area contributed by atoms with E-state index in [0.29, 0.717) is 0 Å². The van der Waals surface area contributed by atoms with Crippen LogP contribution in [0, 0.1) is 5.21 Å². The van der Waals surface area contributed by atoms with E-state index in [1.807, 2.05) is 0 Å². The number of amides is 1. The van der Waals surface area contributed by atoms with Gasteiger partial charge in [0.15, 0.2) is 0 Å². The van der Waals surface area contributed by atoms with E-state index < -0.39 is 6.10 Å². The lowest BCUT2D eigenvalue weighted by Gasteiger charge is -2.31. The first-order chi connectivity index (χ1) is 7.42. The topological polar surface area (TPSA) is 71.3 Å². The van der Waals surface area contributed by atoms with E-state index in [1.165, 1.54) is 36.3 Å². The predicted molar refractivity (Wildman–Crippen MR) is 60.7 cm³/mol. The van der Waals surface area contributed by atoms with Crippen LogP contribution in [0.1, 0.15) is 6.92 Å². The summed E-state index contributed by atoms with van der Waals surface area (Å²) in [5.74, 6) is -0.206. The first-order valence-electron chi connectivity index (χ1n) is 4.90. The minimum Gasteiger partial charge on any atom is -0.608 e. The Morgan fingerprint density at radius 2 is 2.06 bits per heavy atom. The number of rotatable bonds is 7. The zero-order valence-corrected chi connectivity index (χ0v) is 9.72. The molecule has 6 heteroatoms. The number of hydrogen-bond donors (Lipinski definition) is 2. The van der Waals surface area contributed by atoms with Gasteiger partial charge in [0.1, 0.15) is 0 Å². The molecule has 0 aromatic rings. The number of carbonyl (C=O) groups is 1. The maximum Gasteiger partial charge on any atom is 0.223 e. The van der Waals surface area contributed by atoms with E-state index in [2.05, 4.69) is 13.2 Å². The van der Waals surface area contributed by atoms with Crippen molar-refractivity contribution in [2.45, 2.75) is 13.0 Å².